The van der Waals surface area contributed by atoms with Crippen molar-refractivity contribution >= 4 is 11.7 Å². The van der Waals surface area contributed by atoms with Crippen LogP contribution >= 0.6 is 0 Å². The van der Waals surface area contributed by atoms with Gasteiger partial charge in [0.05, 0.1) is 7.11 Å². The summed E-state index contributed by atoms with van der Waals surface area (Å²) in [5, 5.41) is 6.20. The van der Waals surface area contributed by atoms with Crippen LogP contribution in [0.15, 0.2) is 42.5 Å². The quantitative estimate of drug-likeness (QED) is 0.718. The Morgan fingerprint density at radius 1 is 1.06 bits per heavy atom. The fourth-order valence-corrected chi connectivity index (χ4v) is 4.18. The topological polar surface area (TPSA) is 72.1 Å². The van der Waals surface area contributed by atoms with Crippen molar-refractivity contribution in [3.63, 3.8) is 0 Å². The van der Waals surface area contributed by atoms with Crippen LogP contribution in [0.3, 0.4) is 0 Å². The molecule has 1 fully saturated rings. The minimum absolute atomic E-state index is 0.112. The fraction of sp³-hybridized carbons (Fsp3) is 0.480. The number of fused-ring (bicyclic) bond motifs is 1. The number of rotatable bonds is 6. The van der Waals surface area contributed by atoms with E-state index in [2.05, 4.69) is 41.5 Å². The first-order chi connectivity index (χ1) is 15.4. The number of ether oxygens (including phenoxy) is 3. The first kappa shape index (κ1) is 22.1. The van der Waals surface area contributed by atoms with E-state index in [1.165, 1.54) is 5.69 Å². The molecule has 0 saturated carbocycles. The number of carbonyl (C=O) groups excluding carboxylic acids is 1. The van der Waals surface area contributed by atoms with E-state index in [9.17, 15) is 4.79 Å². The van der Waals surface area contributed by atoms with E-state index in [0.29, 0.717) is 19.8 Å². The van der Waals surface area contributed by atoms with Gasteiger partial charge in [-0.15, -0.1) is 0 Å². The summed E-state index contributed by atoms with van der Waals surface area (Å²) in [6, 6.07) is 14.2. The Hall–Kier alpha value is -3.09. The van der Waals surface area contributed by atoms with E-state index in [1.54, 1.807) is 7.11 Å². The van der Waals surface area contributed by atoms with Crippen molar-refractivity contribution in [1.29, 1.82) is 0 Å². The number of hydrogen-bond donors (Lipinski definition) is 2. The summed E-state index contributed by atoms with van der Waals surface area (Å²) >= 11 is 0. The molecule has 0 radical (unpaired) electrons. The molecule has 0 unspecified atom stereocenters. The maximum atomic E-state index is 12.5. The third-order valence-corrected chi connectivity index (χ3v) is 6.28. The maximum Gasteiger partial charge on any atom is 0.315 e. The lowest BCUT2D eigenvalue weighted by molar-refractivity contribution is 0.171. The molecule has 4 rings (SSSR count). The highest BCUT2D eigenvalue weighted by Gasteiger charge is 2.25. The van der Waals surface area contributed by atoms with Crippen molar-refractivity contribution < 1.29 is 19.0 Å². The highest BCUT2D eigenvalue weighted by molar-refractivity contribution is 5.74. The van der Waals surface area contributed by atoms with Gasteiger partial charge in [-0.05, 0) is 54.8 Å². The third-order valence-electron chi connectivity index (χ3n) is 6.28. The molecule has 0 aromatic heterocycles. The Morgan fingerprint density at radius 3 is 2.44 bits per heavy atom. The summed E-state index contributed by atoms with van der Waals surface area (Å²) in [7, 11) is 1.68. The Morgan fingerprint density at radius 2 is 1.75 bits per heavy atom. The van der Waals surface area contributed by atoms with Crippen molar-refractivity contribution in [2.45, 2.75) is 38.1 Å². The van der Waals surface area contributed by atoms with Crippen molar-refractivity contribution in [2.24, 2.45) is 0 Å². The summed E-state index contributed by atoms with van der Waals surface area (Å²) < 4.78 is 16.5. The van der Waals surface area contributed by atoms with E-state index in [4.69, 9.17) is 14.2 Å². The SMILES string of the molecule is COc1ccc(N2CCC(NC(=O)NCC(C)(C)c3ccc4c(c3)OCCO4)CC2)cc1. The van der Waals surface area contributed by atoms with Crippen molar-refractivity contribution in [3.05, 3.63) is 48.0 Å². The maximum absolute atomic E-state index is 12.5. The molecule has 2 aromatic rings. The van der Waals surface area contributed by atoms with Crippen molar-refractivity contribution in [1.82, 2.24) is 10.6 Å². The molecule has 2 aliphatic rings. The Bertz CT molecular complexity index is 921. The van der Waals surface area contributed by atoms with Crippen LogP contribution in [-0.2, 0) is 5.41 Å². The number of amides is 2. The molecule has 32 heavy (non-hydrogen) atoms. The normalized spacial score (nSPS) is 16.4. The predicted octanol–water partition coefficient (Wildman–Crippen LogP) is 3.71. The molecule has 7 nitrogen and oxygen atoms in total. The number of carbonyl (C=O) groups is 1. The van der Waals surface area contributed by atoms with Gasteiger partial charge in [0, 0.05) is 36.8 Å². The molecular weight excluding hydrogens is 406 g/mol. The molecule has 0 bridgehead atoms. The van der Waals surface area contributed by atoms with E-state index >= 15 is 0 Å². The number of nitrogens with zero attached hydrogens (tertiary/aromatic N) is 1. The second-order valence-electron chi connectivity index (χ2n) is 9.03. The van der Waals surface area contributed by atoms with Crippen LogP contribution in [0.25, 0.3) is 0 Å². The molecule has 2 aromatic carbocycles. The summed E-state index contributed by atoms with van der Waals surface area (Å²) in [5.74, 6) is 2.42. The van der Waals surface area contributed by atoms with Gasteiger partial charge in [-0.25, -0.2) is 4.79 Å². The first-order valence-corrected chi connectivity index (χ1v) is 11.3. The molecule has 2 N–H and O–H groups in total. The monoisotopic (exact) mass is 439 g/mol. The minimum atomic E-state index is -0.231. The smallest absolute Gasteiger partial charge is 0.315 e. The zero-order valence-electron chi connectivity index (χ0n) is 19.1. The van der Waals surface area contributed by atoms with Crippen LogP contribution in [0.1, 0.15) is 32.3 Å². The molecule has 0 spiro atoms. The van der Waals surface area contributed by atoms with Crippen LogP contribution in [0.2, 0.25) is 0 Å². The Balaban J connectivity index is 1.24. The predicted molar refractivity (Wildman–Crippen MR) is 125 cm³/mol. The average molecular weight is 440 g/mol. The molecule has 172 valence electrons. The minimum Gasteiger partial charge on any atom is -0.497 e. The van der Waals surface area contributed by atoms with Crippen LogP contribution in [0, 0.1) is 0 Å². The van der Waals surface area contributed by atoms with E-state index in [0.717, 1.165) is 48.7 Å². The molecule has 2 amide bonds. The zero-order valence-corrected chi connectivity index (χ0v) is 19.1. The van der Waals surface area contributed by atoms with Gasteiger partial charge < -0.3 is 29.7 Å². The van der Waals surface area contributed by atoms with Gasteiger partial charge >= 0.3 is 6.03 Å². The first-order valence-electron chi connectivity index (χ1n) is 11.3. The van der Waals surface area contributed by atoms with Crippen LogP contribution in [0.4, 0.5) is 10.5 Å². The summed E-state index contributed by atoms with van der Waals surface area (Å²) in [6.45, 7) is 7.74. The van der Waals surface area contributed by atoms with Crippen molar-refractivity contribution in [2.75, 3.05) is 44.9 Å². The van der Waals surface area contributed by atoms with E-state index in [-0.39, 0.29) is 17.5 Å². The number of methoxy groups -OCH3 is 1. The molecule has 1 saturated heterocycles. The molecule has 7 heteroatoms. The fourth-order valence-electron chi connectivity index (χ4n) is 4.18. The zero-order chi connectivity index (χ0) is 22.6. The van der Waals surface area contributed by atoms with Crippen molar-refractivity contribution in [3.8, 4) is 17.2 Å². The van der Waals surface area contributed by atoms with Gasteiger partial charge in [0.15, 0.2) is 11.5 Å². The molecule has 2 aliphatic heterocycles. The number of urea groups is 1. The number of nitrogens with one attached hydrogen (secondary N) is 2. The number of benzene rings is 2. The summed E-state index contributed by atoms with van der Waals surface area (Å²) in [4.78, 5) is 14.9. The largest absolute Gasteiger partial charge is 0.497 e. The van der Waals surface area contributed by atoms with Gasteiger partial charge in [0.25, 0.3) is 0 Å². The van der Waals surface area contributed by atoms with Gasteiger partial charge in [-0.1, -0.05) is 19.9 Å². The Kier molecular flexibility index (Phi) is 6.63. The number of piperidine rings is 1. The van der Waals surface area contributed by atoms with E-state index in [1.807, 2.05) is 30.3 Å². The lowest BCUT2D eigenvalue weighted by Gasteiger charge is -2.34. The number of anilines is 1. The van der Waals surface area contributed by atoms with Gasteiger partial charge in [0.1, 0.15) is 19.0 Å². The summed E-state index contributed by atoms with van der Waals surface area (Å²) in [5.41, 5.74) is 2.06. The second kappa shape index (κ2) is 9.59. The highest BCUT2D eigenvalue weighted by Crippen LogP contribution is 2.35. The lowest BCUT2D eigenvalue weighted by Crippen LogP contribution is -2.49. The van der Waals surface area contributed by atoms with Crippen LogP contribution < -0.4 is 29.7 Å². The lowest BCUT2D eigenvalue weighted by atomic mass is 9.84. The highest BCUT2D eigenvalue weighted by atomic mass is 16.6. The Labute approximate surface area is 190 Å². The van der Waals surface area contributed by atoms with Crippen LogP contribution in [-0.4, -0.2) is 52.0 Å². The number of hydrogen-bond acceptors (Lipinski definition) is 5. The van der Waals surface area contributed by atoms with Gasteiger partial charge in [0.2, 0.25) is 0 Å². The van der Waals surface area contributed by atoms with Crippen LogP contribution in [0.5, 0.6) is 17.2 Å². The van der Waals surface area contributed by atoms with E-state index < -0.39 is 0 Å². The van der Waals surface area contributed by atoms with Gasteiger partial charge in [-0.3, -0.25) is 0 Å². The second-order valence-corrected chi connectivity index (χ2v) is 9.03. The average Bonchev–Trinajstić information content (AvgIpc) is 2.83. The molecule has 2 heterocycles. The standard InChI is InChI=1S/C25H33N3O4/c1-25(2,18-4-9-22-23(16-18)32-15-14-31-22)17-26-24(29)27-19-10-12-28(13-11-19)20-5-7-21(30-3)8-6-20/h4-9,16,19H,10-15,17H2,1-3H3,(H2,26,27,29). The molecule has 0 atom stereocenters. The molecule has 0 aliphatic carbocycles. The molecular formula is C25H33N3O4. The summed E-state index contributed by atoms with van der Waals surface area (Å²) in [6.07, 6.45) is 1.84. The van der Waals surface area contributed by atoms with Gasteiger partial charge in [-0.2, -0.15) is 0 Å². The third kappa shape index (κ3) is 5.21.